The number of hydrazone groups is 1. The number of aromatic nitrogens is 1. The van der Waals surface area contributed by atoms with E-state index in [1.165, 1.54) is 32.1 Å². The highest BCUT2D eigenvalue weighted by atomic mass is 16.5. The van der Waals surface area contributed by atoms with Crippen LogP contribution in [0.25, 0.3) is 0 Å². The fourth-order valence-corrected chi connectivity index (χ4v) is 6.84. The van der Waals surface area contributed by atoms with Crippen molar-refractivity contribution in [3.05, 3.63) is 47.7 Å². The summed E-state index contributed by atoms with van der Waals surface area (Å²) in [5.74, 6) is 1.75. The maximum Gasteiger partial charge on any atom is 0.351 e. The number of aryl methyl sites for hydroxylation is 1. The highest BCUT2D eigenvalue weighted by molar-refractivity contribution is 6.13. The van der Waals surface area contributed by atoms with Gasteiger partial charge in [0.25, 0.3) is 0 Å². The minimum Gasteiger partial charge on any atom is -0.383 e. The molecule has 2 saturated heterocycles. The molecule has 9 nitrogen and oxygen atoms in total. The summed E-state index contributed by atoms with van der Waals surface area (Å²) < 4.78 is 5.65. The van der Waals surface area contributed by atoms with E-state index >= 15 is 0 Å². The van der Waals surface area contributed by atoms with Gasteiger partial charge in [-0.3, -0.25) is 0 Å². The van der Waals surface area contributed by atoms with Crippen LogP contribution in [0.4, 0.5) is 22.0 Å². The number of rotatable bonds is 9. The lowest BCUT2D eigenvalue weighted by Gasteiger charge is -2.33. The third kappa shape index (κ3) is 6.79. The number of carbonyl (C=O) groups excluding carboxylic acids is 1. The smallest absolute Gasteiger partial charge is 0.351 e. The molecule has 6 rings (SSSR count). The number of hydrogen-bond donors (Lipinski definition) is 3. The van der Waals surface area contributed by atoms with Crippen LogP contribution in [0.1, 0.15) is 68.9 Å². The van der Waals surface area contributed by atoms with E-state index in [2.05, 4.69) is 41.1 Å². The van der Waals surface area contributed by atoms with Crippen LogP contribution in [-0.4, -0.2) is 73.7 Å². The molecule has 4 aliphatic rings. The molecule has 42 heavy (non-hydrogen) atoms. The first-order chi connectivity index (χ1) is 20.7. The molecule has 1 aliphatic carbocycles. The molecule has 0 bridgehead atoms. The molecule has 2 aromatic rings. The van der Waals surface area contributed by atoms with Crippen molar-refractivity contribution in [1.82, 2.24) is 20.6 Å². The van der Waals surface area contributed by atoms with E-state index in [1.54, 1.807) is 9.91 Å². The third-order valence-corrected chi connectivity index (χ3v) is 9.30. The Morgan fingerprint density at radius 3 is 2.55 bits per heavy atom. The van der Waals surface area contributed by atoms with Crippen molar-refractivity contribution in [2.45, 2.75) is 70.8 Å². The molecule has 0 radical (unpaired) electrons. The SMILES string of the molecule is Cc1ccc2c(c1)N(c1ccc(NCCNCC3CCNCC3)cn1)C(=O)N(C1CCOCC1)N=C2C1CCCCC1. The van der Waals surface area contributed by atoms with Gasteiger partial charge in [-0.15, -0.1) is 0 Å². The van der Waals surface area contributed by atoms with Gasteiger partial charge < -0.3 is 20.7 Å². The zero-order chi connectivity index (χ0) is 28.7. The van der Waals surface area contributed by atoms with Crippen LogP contribution in [0.15, 0.2) is 41.6 Å². The molecule has 2 amide bonds. The van der Waals surface area contributed by atoms with Gasteiger partial charge in [0.15, 0.2) is 0 Å². The van der Waals surface area contributed by atoms with Crippen LogP contribution in [0.2, 0.25) is 0 Å². The molecule has 0 atom stereocenters. The minimum atomic E-state index is -0.130. The van der Waals surface area contributed by atoms with E-state index in [1.807, 2.05) is 18.3 Å². The summed E-state index contributed by atoms with van der Waals surface area (Å²) in [6.07, 6.45) is 11.9. The molecular formula is C33H47N7O2. The summed E-state index contributed by atoms with van der Waals surface area (Å²) >= 11 is 0. The van der Waals surface area contributed by atoms with Gasteiger partial charge in [0, 0.05) is 37.8 Å². The molecule has 1 aromatic carbocycles. The van der Waals surface area contributed by atoms with Crippen molar-refractivity contribution in [2.24, 2.45) is 16.9 Å². The highest BCUT2D eigenvalue weighted by Crippen LogP contribution is 2.38. The molecule has 9 heteroatoms. The second kappa shape index (κ2) is 14.0. The summed E-state index contributed by atoms with van der Waals surface area (Å²) in [7, 11) is 0. The first-order valence-electron chi connectivity index (χ1n) is 16.2. The summed E-state index contributed by atoms with van der Waals surface area (Å²) in [5, 5.41) is 17.5. The summed E-state index contributed by atoms with van der Waals surface area (Å²) in [6, 6.07) is 10.3. The van der Waals surface area contributed by atoms with Gasteiger partial charge in [-0.25, -0.2) is 19.7 Å². The molecular weight excluding hydrogens is 526 g/mol. The van der Waals surface area contributed by atoms with Crippen molar-refractivity contribution >= 4 is 28.9 Å². The number of urea groups is 1. The van der Waals surface area contributed by atoms with Crippen LogP contribution >= 0.6 is 0 Å². The Morgan fingerprint density at radius 1 is 0.976 bits per heavy atom. The molecule has 0 spiro atoms. The topological polar surface area (TPSA) is 94.1 Å². The van der Waals surface area contributed by atoms with E-state index < -0.39 is 0 Å². The second-order valence-corrected chi connectivity index (χ2v) is 12.4. The number of anilines is 3. The fourth-order valence-electron chi connectivity index (χ4n) is 6.84. The van der Waals surface area contributed by atoms with Gasteiger partial charge >= 0.3 is 6.03 Å². The number of piperidine rings is 1. The average molecular weight is 574 g/mol. The van der Waals surface area contributed by atoms with Crippen molar-refractivity contribution in [3.8, 4) is 0 Å². The lowest BCUT2D eigenvalue weighted by molar-refractivity contribution is 0.0480. The van der Waals surface area contributed by atoms with Crippen LogP contribution in [-0.2, 0) is 4.74 Å². The van der Waals surface area contributed by atoms with Gasteiger partial charge in [-0.05, 0) is 94.8 Å². The number of pyridine rings is 1. The fraction of sp³-hybridized carbons (Fsp3) is 0.606. The second-order valence-electron chi connectivity index (χ2n) is 12.4. The van der Waals surface area contributed by atoms with Crippen molar-refractivity contribution in [1.29, 1.82) is 0 Å². The number of carbonyl (C=O) groups is 1. The molecule has 0 unspecified atom stereocenters. The molecule has 226 valence electrons. The number of amides is 2. The van der Waals surface area contributed by atoms with Gasteiger partial charge in [-0.1, -0.05) is 31.4 Å². The van der Waals surface area contributed by atoms with Gasteiger partial charge in [0.1, 0.15) is 5.82 Å². The molecule has 3 aliphatic heterocycles. The standard InChI is InChI=1S/C33H47N7O2/c1-24-7-9-29-30(21-24)39(31-10-8-27(23-37-31)36-18-17-35-22-25-11-15-34-16-12-25)33(41)40(28-13-19-42-20-14-28)38-32(29)26-5-3-2-4-6-26/h7-10,21,23,25-26,28,34-36H,2-6,11-20,22H2,1H3. The van der Waals surface area contributed by atoms with Crippen LogP contribution in [0.5, 0.6) is 0 Å². The van der Waals surface area contributed by atoms with E-state index in [-0.39, 0.29) is 12.1 Å². The molecule has 1 saturated carbocycles. The largest absolute Gasteiger partial charge is 0.383 e. The quantitative estimate of drug-likeness (QED) is 0.347. The normalized spacial score (nSPS) is 21.2. The van der Waals surface area contributed by atoms with E-state index in [9.17, 15) is 4.79 Å². The van der Waals surface area contributed by atoms with Crippen LogP contribution < -0.4 is 20.9 Å². The number of fused-ring (bicyclic) bond motifs is 1. The predicted octanol–water partition coefficient (Wildman–Crippen LogP) is 5.43. The maximum atomic E-state index is 14.4. The first kappa shape index (κ1) is 29.1. The number of hydrogen-bond acceptors (Lipinski definition) is 7. The Balaban J connectivity index is 1.23. The Kier molecular flexibility index (Phi) is 9.68. The van der Waals surface area contributed by atoms with E-state index in [0.29, 0.717) is 24.9 Å². The number of benzene rings is 1. The lowest BCUT2D eigenvalue weighted by Crippen LogP contribution is -2.45. The highest BCUT2D eigenvalue weighted by Gasteiger charge is 2.38. The molecule has 4 heterocycles. The van der Waals surface area contributed by atoms with Crippen LogP contribution in [0, 0.1) is 18.8 Å². The monoisotopic (exact) mass is 573 g/mol. The van der Waals surface area contributed by atoms with Crippen molar-refractivity contribution in [2.75, 3.05) is 56.2 Å². The predicted molar refractivity (Wildman–Crippen MR) is 169 cm³/mol. The molecule has 1 aromatic heterocycles. The number of nitrogens with zero attached hydrogens (tertiary/aromatic N) is 4. The third-order valence-electron chi connectivity index (χ3n) is 9.30. The molecule has 3 fully saturated rings. The van der Waals surface area contributed by atoms with Gasteiger partial charge in [0.2, 0.25) is 0 Å². The van der Waals surface area contributed by atoms with Crippen LogP contribution in [0.3, 0.4) is 0 Å². The summed E-state index contributed by atoms with van der Waals surface area (Å²) in [4.78, 5) is 21.1. The zero-order valence-electron chi connectivity index (χ0n) is 25.1. The Bertz CT molecular complexity index is 1220. The van der Waals surface area contributed by atoms with E-state index in [0.717, 1.165) is 92.5 Å². The summed E-state index contributed by atoms with van der Waals surface area (Å²) in [5.41, 5.74) is 5.06. The lowest BCUT2D eigenvalue weighted by atomic mass is 9.82. The van der Waals surface area contributed by atoms with Crippen molar-refractivity contribution < 1.29 is 9.53 Å². The Labute approximate surface area is 250 Å². The van der Waals surface area contributed by atoms with Crippen molar-refractivity contribution in [3.63, 3.8) is 0 Å². The molecule has 3 N–H and O–H groups in total. The Morgan fingerprint density at radius 2 is 1.79 bits per heavy atom. The first-order valence-corrected chi connectivity index (χ1v) is 16.2. The number of nitrogens with one attached hydrogen (secondary N) is 3. The van der Waals surface area contributed by atoms with Gasteiger partial charge in [-0.2, -0.15) is 5.10 Å². The van der Waals surface area contributed by atoms with Gasteiger partial charge in [0.05, 0.1) is 29.3 Å². The minimum absolute atomic E-state index is 0.0149. The zero-order valence-corrected chi connectivity index (χ0v) is 25.1. The number of ether oxygens (including phenoxy) is 1. The average Bonchev–Trinajstić information content (AvgIpc) is 3.16. The maximum absolute atomic E-state index is 14.4. The summed E-state index contributed by atoms with van der Waals surface area (Å²) in [6.45, 7) is 8.46. The van der Waals surface area contributed by atoms with E-state index in [4.69, 9.17) is 14.8 Å². The Hall–Kier alpha value is -3.01.